The van der Waals surface area contributed by atoms with E-state index < -0.39 is 17.4 Å². The Balaban J connectivity index is 1.63. The summed E-state index contributed by atoms with van der Waals surface area (Å²) in [5.74, 6) is -0.683. The molecule has 2 aromatic rings. The first kappa shape index (κ1) is 20.7. The normalized spacial score (nSPS) is 19.2. The Kier molecular flexibility index (Phi) is 5.71. The molecule has 8 nitrogen and oxygen atoms in total. The Morgan fingerprint density at radius 3 is 2.50 bits per heavy atom. The first-order valence-corrected chi connectivity index (χ1v) is 10.5. The fourth-order valence-electron chi connectivity index (χ4n) is 3.81. The molecule has 0 bridgehead atoms. The number of nitrogens with one attached hydrogen (secondary N) is 3. The van der Waals surface area contributed by atoms with Crippen molar-refractivity contribution in [2.45, 2.75) is 32.1 Å². The lowest BCUT2D eigenvalue weighted by atomic mass is 9.92. The summed E-state index contributed by atoms with van der Waals surface area (Å²) in [5, 5.41) is 6.04. The molecular formula is C20H21Cl2N5O3. The van der Waals surface area contributed by atoms with Crippen LogP contribution >= 0.6 is 23.2 Å². The van der Waals surface area contributed by atoms with E-state index >= 15 is 0 Å². The minimum atomic E-state index is -0.974. The minimum Gasteiger partial charge on any atom is -0.342 e. The lowest BCUT2D eigenvalue weighted by Crippen LogP contribution is -2.39. The van der Waals surface area contributed by atoms with Crippen LogP contribution in [0.25, 0.3) is 0 Å². The molecule has 4 rings (SSSR count). The van der Waals surface area contributed by atoms with Gasteiger partial charge in [0.2, 0.25) is 17.8 Å². The van der Waals surface area contributed by atoms with Crippen LogP contribution in [0.1, 0.15) is 37.7 Å². The largest absolute Gasteiger partial charge is 0.342 e. The van der Waals surface area contributed by atoms with Crippen molar-refractivity contribution < 1.29 is 9.59 Å². The molecule has 2 aliphatic rings. The second-order valence-corrected chi connectivity index (χ2v) is 8.65. The van der Waals surface area contributed by atoms with Crippen LogP contribution in [0.5, 0.6) is 0 Å². The van der Waals surface area contributed by atoms with Crippen LogP contribution < -0.4 is 21.1 Å². The Hall–Kier alpha value is -2.58. The van der Waals surface area contributed by atoms with E-state index in [0.29, 0.717) is 27.6 Å². The van der Waals surface area contributed by atoms with Gasteiger partial charge in [0.1, 0.15) is 5.82 Å². The number of halogens is 2. The number of piperidine rings is 1. The lowest BCUT2D eigenvalue weighted by Gasteiger charge is -2.31. The highest BCUT2D eigenvalue weighted by Crippen LogP contribution is 2.31. The van der Waals surface area contributed by atoms with Gasteiger partial charge >= 0.3 is 0 Å². The van der Waals surface area contributed by atoms with Crippen LogP contribution in [-0.2, 0) is 9.59 Å². The monoisotopic (exact) mass is 449 g/mol. The Morgan fingerprint density at radius 1 is 1.17 bits per heavy atom. The quantitative estimate of drug-likeness (QED) is 0.665. The lowest BCUT2D eigenvalue weighted by molar-refractivity contribution is -0.123. The van der Waals surface area contributed by atoms with E-state index in [9.17, 15) is 14.4 Å². The molecular weight excluding hydrogens is 429 g/mol. The molecule has 3 heterocycles. The Labute approximate surface area is 183 Å². The number of anilines is 3. The van der Waals surface area contributed by atoms with Gasteiger partial charge in [-0.1, -0.05) is 30.1 Å². The number of nitrogens with zero attached hydrogens (tertiary/aromatic N) is 2. The zero-order chi connectivity index (χ0) is 21.4. The SMILES string of the molecule is CC1CCN(c2nc3c(c(=O)[nH]2)[C@H](C(=O)Nc2cc(Cl)cc(Cl)c2)CC(=O)N3)CC1. The molecule has 3 N–H and O–H groups in total. The van der Waals surface area contributed by atoms with Crippen molar-refractivity contribution in [3.8, 4) is 0 Å². The average Bonchev–Trinajstić information content (AvgIpc) is 2.66. The van der Waals surface area contributed by atoms with E-state index in [1.165, 1.54) is 12.1 Å². The zero-order valence-electron chi connectivity index (χ0n) is 16.3. The van der Waals surface area contributed by atoms with Gasteiger partial charge in [0.25, 0.3) is 5.56 Å². The molecule has 0 spiro atoms. The number of rotatable bonds is 3. The van der Waals surface area contributed by atoms with Crippen LogP contribution in [0.3, 0.4) is 0 Å². The van der Waals surface area contributed by atoms with Crippen molar-refractivity contribution >= 4 is 52.5 Å². The summed E-state index contributed by atoms with van der Waals surface area (Å²) in [5.41, 5.74) is 0.0979. The molecule has 2 amide bonds. The first-order chi connectivity index (χ1) is 14.3. The topological polar surface area (TPSA) is 107 Å². The Morgan fingerprint density at radius 2 is 1.83 bits per heavy atom. The average molecular weight is 450 g/mol. The van der Waals surface area contributed by atoms with Gasteiger partial charge < -0.3 is 15.5 Å². The molecule has 1 atom stereocenters. The standard InChI is InChI=1S/C20H21Cl2N5O3/c1-10-2-4-27(5-3-10)20-25-17-16(19(30)26-20)14(9-15(28)24-17)18(29)23-13-7-11(21)6-12(22)8-13/h6-8,10,14H,2-5,9H2,1H3,(H,23,29)(H2,24,25,26,28,30)/t14-/m1/s1. The van der Waals surface area contributed by atoms with Crippen molar-refractivity contribution in [2.75, 3.05) is 28.6 Å². The molecule has 1 aromatic carbocycles. The fourth-order valence-corrected chi connectivity index (χ4v) is 4.33. The van der Waals surface area contributed by atoms with Crippen LogP contribution in [0, 0.1) is 5.92 Å². The zero-order valence-corrected chi connectivity index (χ0v) is 17.8. The van der Waals surface area contributed by atoms with E-state index in [2.05, 4.69) is 27.5 Å². The summed E-state index contributed by atoms with van der Waals surface area (Å²) in [6, 6.07) is 4.62. The molecule has 0 aliphatic carbocycles. The molecule has 1 fully saturated rings. The van der Waals surface area contributed by atoms with Gasteiger partial charge in [-0.05, 0) is 37.0 Å². The number of benzene rings is 1. The molecule has 30 heavy (non-hydrogen) atoms. The highest BCUT2D eigenvalue weighted by molar-refractivity contribution is 6.35. The van der Waals surface area contributed by atoms with Gasteiger partial charge in [0.05, 0.1) is 11.5 Å². The van der Waals surface area contributed by atoms with Gasteiger partial charge in [0, 0.05) is 35.2 Å². The molecule has 0 radical (unpaired) electrons. The number of hydrogen-bond acceptors (Lipinski definition) is 5. The van der Waals surface area contributed by atoms with Crippen molar-refractivity contribution in [1.82, 2.24) is 9.97 Å². The molecule has 1 aromatic heterocycles. The van der Waals surface area contributed by atoms with Crippen molar-refractivity contribution in [1.29, 1.82) is 0 Å². The van der Waals surface area contributed by atoms with Gasteiger partial charge in [-0.15, -0.1) is 0 Å². The molecule has 1 saturated heterocycles. The number of carbonyl (C=O) groups excluding carboxylic acids is 2. The summed E-state index contributed by atoms with van der Waals surface area (Å²) in [4.78, 5) is 47.3. The van der Waals surface area contributed by atoms with Crippen molar-refractivity contribution in [3.05, 3.63) is 44.2 Å². The number of H-pyrrole nitrogens is 1. The predicted molar refractivity (Wildman–Crippen MR) is 117 cm³/mol. The highest BCUT2D eigenvalue weighted by atomic mass is 35.5. The second kappa shape index (κ2) is 8.28. The van der Waals surface area contributed by atoms with Crippen LogP contribution in [0.2, 0.25) is 10.0 Å². The third-order valence-corrected chi connectivity index (χ3v) is 5.90. The summed E-state index contributed by atoms with van der Waals surface area (Å²) < 4.78 is 0. The van der Waals surface area contributed by atoms with Crippen LogP contribution in [0.15, 0.2) is 23.0 Å². The maximum absolute atomic E-state index is 12.9. The number of aromatic nitrogens is 2. The fraction of sp³-hybridized carbons (Fsp3) is 0.400. The first-order valence-electron chi connectivity index (χ1n) is 9.76. The van der Waals surface area contributed by atoms with Gasteiger partial charge in [-0.3, -0.25) is 19.4 Å². The van der Waals surface area contributed by atoms with E-state index in [4.69, 9.17) is 23.2 Å². The van der Waals surface area contributed by atoms with Crippen molar-refractivity contribution in [3.63, 3.8) is 0 Å². The summed E-state index contributed by atoms with van der Waals surface area (Å²) in [7, 11) is 0. The second-order valence-electron chi connectivity index (χ2n) is 7.77. The number of hydrogen-bond donors (Lipinski definition) is 3. The molecule has 0 unspecified atom stereocenters. The summed E-state index contributed by atoms with van der Waals surface area (Å²) in [6.07, 6.45) is 1.85. The van der Waals surface area contributed by atoms with E-state index in [1.807, 2.05) is 4.90 Å². The smallest absolute Gasteiger partial charge is 0.258 e. The van der Waals surface area contributed by atoms with Gasteiger partial charge in [0.15, 0.2) is 0 Å². The number of aromatic amines is 1. The summed E-state index contributed by atoms with van der Waals surface area (Å²) in [6.45, 7) is 3.74. The van der Waals surface area contributed by atoms with Crippen LogP contribution in [-0.4, -0.2) is 34.9 Å². The highest BCUT2D eigenvalue weighted by Gasteiger charge is 2.35. The van der Waals surface area contributed by atoms with E-state index in [-0.39, 0.29) is 23.7 Å². The van der Waals surface area contributed by atoms with Gasteiger partial charge in [-0.2, -0.15) is 4.98 Å². The molecule has 0 saturated carbocycles. The maximum atomic E-state index is 12.9. The third-order valence-electron chi connectivity index (χ3n) is 5.47. The number of amides is 2. The maximum Gasteiger partial charge on any atom is 0.258 e. The number of carbonyl (C=O) groups is 2. The van der Waals surface area contributed by atoms with Crippen molar-refractivity contribution in [2.24, 2.45) is 5.92 Å². The van der Waals surface area contributed by atoms with Crippen LogP contribution in [0.4, 0.5) is 17.5 Å². The van der Waals surface area contributed by atoms with E-state index in [0.717, 1.165) is 25.9 Å². The Bertz CT molecular complexity index is 1040. The molecule has 158 valence electrons. The molecule has 2 aliphatic heterocycles. The third kappa shape index (κ3) is 4.29. The van der Waals surface area contributed by atoms with Gasteiger partial charge in [-0.25, -0.2) is 0 Å². The minimum absolute atomic E-state index is 0.132. The predicted octanol–water partition coefficient (Wildman–Crippen LogP) is 3.38. The van der Waals surface area contributed by atoms with E-state index in [1.54, 1.807) is 6.07 Å². The summed E-state index contributed by atoms with van der Waals surface area (Å²) >= 11 is 12.0. The number of fused-ring (bicyclic) bond motifs is 1. The molecule has 10 heteroatoms.